The molecule has 1 saturated heterocycles. The maximum absolute atomic E-state index is 9.16. The van der Waals surface area contributed by atoms with Crippen LogP contribution in [0, 0.1) is 22.7 Å². The summed E-state index contributed by atoms with van der Waals surface area (Å²) in [6.07, 6.45) is 0. The first-order valence-corrected chi connectivity index (χ1v) is 8.97. The number of piperazine rings is 1. The van der Waals surface area contributed by atoms with Crippen LogP contribution in [0.25, 0.3) is 0 Å². The molecule has 8 heteroatoms. The Kier molecular flexibility index (Phi) is 5.93. The van der Waals surface area contributed by atoms with Crippen LogP contribution in [0.15, 0.2) is 69.2 Å². The fraction of sp³-hybridized carbons (Fsp3) is 0.300. The Labute approximate surface area is 164 Å². The van der Waals surface area contributed by atoms with Gasteiger partial charge in [-0.15, -0.1) is 10.2 Å². The summed E-state index contributed by atoms with van der Waals surface area (Å²) < 4.78 is 0. The average Bonchev–Trinajstić information content (AvgIpc) is 2.73. The van der Waals surface area contributed by atoms with E-state index in [0.29, 0.717) is 35.6 Å². The van der Waals surface area contributed by atoms with Crippen LogP contribution >= 0.6 is 0 Å². The Hall–Kier alpha value is -3.78. The largest absolute Gasteiger partial charge is 0.272 e. The second kappa shape index (κ2) is 8.74. The standard InChI is InChI=1S/C20H20N8/c1-15-13-28(26-24-20-10-6-4-8-18(20)12-22)16(2)14-27(15)25-23-19-9-5-3-7-17(19)11-21/h3-10,15-16H,13-14H2,1-2H3/t15-,16+. The van der Waals surface area contributed by atoms with Crippen molar-refractivity contribution < 1.29 is 0 Å². The molecule has 0 N–H and O–H groups in total. The van der Waals surface area contributed by atoms with Gasteiger partial charge in [0.2, 0.25) is 0 Å². The van der Waals surface area contributed by atoms with E-state index in [1.807, 2.05) is 36.0 Å². The lowest BCUT2D eigenvalue weighted by Crippen LogP contribution is -2.52. The van der Waals surface area contributed by atoms with E-state index in [0.717, 1.165) is 0 Å². The van der Waals surface area contributed by atoms with Gasteiger partial charge in [0.25, 0.3) is 0 Å². The van der Waals surface area contributed by atoms with Crippen LogP contribution in [0.3, 0.4) is 0 Å². The summed E-state index contributed by atoms with van der Waals surface area (Å²) in [4.78, 5) is 0. The molecule has 0 aliphatic carbocycles. The summed E-state index contributed by atoms with van der Waals surface area (Å²) >= 11 is 0. The molecular weight excluding hydrogens is 352 g/mol. The fourth-order valence-electron chi connectivity index (χ4n) is 2.86. The summed E-state index contributed by atoms with van der Waals surface area (Å²) in [6.45, 7) is 5.32. The van der Waals surface area contributed by atoms with E-state index < -0.39 is 0 Å². The number of rotatable bonds is 4. The highest BCUT2D eigenvalue weighted by Gasteiger charge is 2.28. The third-order valence-corrected chi connectivity index (χ3v) is 4.50. The van der Waals surface area contributed by atoms with E-state index >= 15 is 0 Å². The minimum absolute atomic E-state index is 0.0689. The Bertz CT molecular complexity index is 889. The third-order valence-electron chi connectivity index (χ3n) is 4.50. The second-order valence-electron chi connectivity index (χ2n) is 6.58. The topological polar surface area (TPSA) is 104 Å². The molecule has 0 saturated carbocycles. The quantitative estimate of drug-likeness (QED) is 0.736. The molecule has 1 fully saturated rings. The maximum atomic E-state index is 9.16. The molecular formula is C20H20N8. The van der Waals surface area contributed by atoms with Crippen LogP contribution < -0.4 is 0 Å². The van der Waals surface area contributed by atoms with E-state index in [2.05, 4.69) is 32.8 Å². The highest BCUT2D eigenvalue weighted by atomic mass is 15.6. The van der Waals surface area contributed by atoms with Crippen molar-refractivity contribution in [2.45, 2.75) is 25.9 Å². The second-order valence-corrected chi connectivity index (χ2v) is 6.58. The molecule has 2 aromatic carbocycles. The molecule has 1 aliphatic heterocycles. The summed E-state index contributed by atoms with van der Waals surface area (Å²) in [5, 5.41) is 39.3. The molecule has 2 aromatic rings. The van der Waals surface area contributed by atoms with Crippen molar-refractivity contribution in [3.8, 4) is 12.1 Å². The third kappa shape index (κ3) is 4.30. The van der Waals surface area contributed by atoms with Gasteiger partial charge in [0.15, 0.2) is 0 Å². The molecule has 3 rings (SSSR count). The molecule has 8 nitrogen and oxygen atoms in total. The normalized spacial score (nSPS) is 19.7. The van der Waals surface area contributed by atoms with Crippen molar-refractivity contribution in [1.29, 1.82) is 10.5 Å². The monoisotopic (exact) mass is 372 g/mol. The van der Waals surface area contributed by atoms with Gasteiger partial charge in [-0.1, -0.05) is 34.7 Å². The molecule has 2 atom stereocenters. The molecule has 28 heavy (non-hydrogen) atoms. The van der Waals surface area contributed by atoms with Gasteiger partial charge in [-0.3, -0.25) is 10.0 Å². The lowest BCUT2D eigenvalue weighted by Gasteiger charge is -2.39. The number of hydrogen-bond acceptors (Lipinski definition) is 6. The molecule has 140 valence electrons. The van der Waals surface area contributed by atoms with Crippen LogP contribution in [0.4, 0.5) is 11.4 Å². The van der Waals surface area contributed by atoms with Crippen molar-refractivity contribution in [3.63, 3.8) is 0 Å². The molecule has 0 spiro atoms. The Morgan fingerprint density at radius 2 is 1.14 bits per heavy atom. The van der Waals surface area contributed by atoms with Crippen molar-refractivity contribution in [2.24, 2.45) is 20.7 Å². The number of benzene rings is 2. The van der Waals surface area contributed by atoms with Gasteiger partial charge in [-0.2, -0.15) is 10.5 Å². The Balaban J connectivity index is 1.69. The molecule has 0 radical (unpaired) electrons. The van der Waals surface area contributed by atoms with Gasteiger partial charge in [0.05, 0.1) is 36.3 Å². The van der Waals surface area contributed by atoms with Crippen LogP contribution in [0.2, 0.25) is 0 Å². The Morgan fingerprint density at radius 3 is 1.54 bits per heavy atom. The van der Waals surface area contributed by atoms with E-state index in [1.54, 1.807) is 36.4 Å². The van der Waals surface area contributed by atoms with Crippen molar-refractivity contribution >= 4 is 11.4 Å². The summed E-state index contributed by atoms with van der Waals surface area (Å²) in [5.41, 5.74) is 2.10. The van der Waals surface area contributed by atoms with Crippen molar-refractivity contribution in [1.82, 2.24) is 10.0 Å². The fourth-order valence-corrected chi connectivity index (χ4v) is 2.86. The first-order chi connectivity index (χ1) is 13.6. The van der Waals surface area contributed by atoms with Gasteiger partial charge < -0.3 is 0 Å². The zero-order valence-electron chi connectivity index (χ0n) is 15.8. The number of nitriles is 2. The summed E-state index contributed by atoms with van der Waals surface area (Å²) in [7, 11) is 0. The molecule has 1 aliphatic rings. The zero-order chi connectivity index (χ0) is 19.9. The predicted molar refractivity (Wildman–Crippen MR) is 104 cm³/mol. The molecule has 0 amide bonds. The van der Waals surface area contributed by atoms with Crippen LogP contribution in [-0.2, 0) is 0 Å². The smallest absolute Gasteiger partial charge is 0.105 e. The van der Waals surface area contributed by atoms with Crippen LogP contribution in [-0.4, -0.2) is 35.2 Å². The van der Waals surface area contributed by atoms with Crippen molar-refractivity contribution in [2.75, 3.05) is 13.1 Å². The predicted octanol–water partition coefficient (Wildman–Crippen LogP) is 4.52. The number of hydrogen-bond donors (Lipinski definition) is 0. The summed E-state index contributed by atoms with van der Waals surface area (Å²) in [5.74, 6) is 0. The number of nitrogens with zero attached hydrogens (tertiary/aromatic N) is 8. The zero-order valence-corrected chi connectivity index (χ0v) is 15.8. The first kappa shape index (κ1) is 19.0. The van der Waals surface area contributed by atoms with Crippen LogP contribution in [0.1, 0.15) is 25.0 Å². The minimum atomic E-state index is 0.0689. The van der Waals surface area contributed by atoms with Gasteiger partial charge in [0.1, 0.15) is 23.5 Å². The highest BCUT2D eigenvalue weighted by molar-refractivity contribution is 5.52. The van der Waals surface area contributed by atoms with Crippen molar-refractivity contribution in [3.05, 3.63) is 59.7 Å². The lowest BCUT2D eigenvalue weighted by atomic mass is 10.2. The highest BCUT2D eigenvalue weighted by Crippen LogP contribution is 2.23. The average molecular weight is 372 g/mol. The molecule has 0 aromatic heterocycles. The SMILES string of the molecule is C[C@@H]1CN(N=Nc2ccccc2C#N)[C@@H](C)CN1N=Nc1ccccc1C#N. The molecule has 1 heterocycles. The Morgan fingerprint density at radius 1 is 0.750 bits per heavy atom. The molecule has 0 bridgehead atoms. The van der Waals surface area contributed by atoms with Gasteiger partial charge in [0, 0.05) is 0 Å². The van der Waals surface area contributed by atoms with E-state index in [4.69, 9.17) is 10.5 Å². The summed E-state index contributed by atoms with van der Waals surface area (Å²) in [6, 6.07) is 18.6. The van der Waals surface area contributed by atoms with Gasteiger partial charge >= 0.3 is 0 Å². The minimum Gasteiger partial charge on any atom is -0.272 e. The van der Waals surface area contributed by atoms with E-state index in [9.17, 15) is 0 Å². The van der Waals surface area contributed by atoms with Gasteiger partial charge in [-0.05, 0) is 38.1 Å². The first-order valence-electron chi connectivity index (χ1n) is 8.97. The maximum Gasteiger partial charge on any atom is 0.105 e. The lowest BCUT2D eigenvalue weighted by molar-refractivity contribution is 0.0359. The van der Waals surface area contributed by atoms with Gasteiger partial charge in [-0.25, -0.2) is 0 Å². The van der Waals surface area contributed by atoms with E-state index in [1.165, 1.54) is 0 Å². The molecule has 0 unspecified atom stereocenters. The van der Waals surface area contributed by atoms with E-state index in [-0.39, 0.29) is 12.1 Å². The van der Waals surface area contributed by atoms with Crippen LogP contribution in [0.5, 0.6) is 0 Å².